The van der Waals surface area contributed by atoms with Crippen LogP contribution < -0.4 is 5.73 Å². The number of aromatic carboxylic acids is 1. The zero-order valence-corrected chi connectivity index (χ0v) is 7.05. The molecule has 0 aliphatic rings. The first-order chi connectivity index (χ1) is 6.86. The third kappa shape index (κ3) is 1.76. The standard InChI is InChI=1S/C8H4F3NO3/c9-3-1-2(8(14)15)5(10)4(6(3)11)7(12)13/h1H,(H2,12,13)(H,14,15). The Kier molecular flexibility index (Phi) is 2.65. The number of carboxylic acids is 1. The minimum absolute atomic E-state index is 0.138. The van der Waals surface area contributed by atoms with Crippen LogP contribution in [0.3, 0.4) is 0 Å². The Hall–Kier alpha value is -2.05. The Labute approximate surface area is 81.1 Å². The lowest BCUT2D eigenvalue weighted by atomic mass is 10.1. The van der Waals surface area contributed by atoms with Crippen LogP contribution in [0.4, 0.5) is 13.2 Å². The van der Waals surface area contributed by atoms with Gasteiger partial charge in [0.2, 0.25) is 0 Å². The maximum Gasteiger partial charge on any atom is 0.338 e. The van der Waals surface area contributed by atoms with Crippen molar-refractivity contribution in [2.75, 3.05) is 0 Å². The van der Waals surface area contributed by atoms with E-state index in [2.05, 4.69) is 5.73 Å². The normalized spacial score (nSPS) is 10.1. The Morgan fingerprint density at radius 2 is 1.73 bits per heavy atom. The molecular weight excluding hydrogens is 215 g/mol. The highest BCUT2D eigenvalue weighted by molar-refractivity contribution is 5.97. The van der Waals surface area contributed by atoms with Gasteiger partial charge in [0.05, 0.1) is 5.56 Å². The molecule has 0 heterocycles. The monoisotopic (exact) mass is 219 g/mol. The number of carboxylic acid groups (broad SMARTS) is 1. The molecule has 1 aromatic rings. The van der Waals surface area contributed by atoms with Crippen molar-refractivity contribution in [1.82, 2.24) is 0 Å². The van der Waals surface area contributed by atoms with E-state index in [4.69, 9.17) is 5.11 Å². The topological polar surface area (TPSA) is 80.4 Å². The van der Waals surface area contributed by atoms with Gasteiger partial charge in [0, 0.05) is 0 Å². The van der Waals surface area contributed by atoms with Crippen LogP contribution in [0.25, 0.3) is 0 Å². The zero-order valence-electron chi connectivity index (χ0n) is 7.05. The minimum atomic E-state index is -1.83. The summed E-state index contributed by atoms with van der Waals surface area (Å²) in [5, 5.41) is 8.41. The molecule has 0 aliphatic heterocycles. The summed E-state index contributed by atoms with van der Waals surface area (Å²) < 4.78 is 38.7. The van der Waals surface area contributed by atoms with E-state index in [1.54, 1.807) is 0 Å². The van der Waals surface area contributed by atoms with Crippen LogP contribution in [0.15, 0.2) is 6.07 Å². The summed E-state index contributed by atoms with van der Waals surface area (Å²) in [7, 11) is 0. The molecule has 1 amide bonds. The average molecular weight is 219 g/mol. The van der Waals surface area contributed by atoms with Crippen LogP contribution in [0.5, 0.6) is 0 Å². The molecule has 80 valence electrons. The van der Waals surface area contributed by atoms with Gasteiger partial charge >= 0.3 is 5.97 Å². The number of primary amides is 1. The van der Waals surface area contributed by atoms with Crippen LogP contribution in [0.1, 0.15) is 20.7 Å². The number of nitrogens with two attached hydrogens (primary N) is 1. The molecule has 7 heteroatoms. The number of hydrogen-bond donors (Lipinski definition) is 2. The highest BCUT2D eigenvalue weighted by atomic mass is 19.2. The lowest BCUT2D eigenvalue weighted by Gasteiger charge is -2.04. The van der Waals surface area contributed by atoms with Gasteiger partial charge in [-0.1, -0.05) is 0 Å². The molecule has 1 aromatic carbocycles. The molecule has 0 saturated heterocycles. The lowest BCUT2D eigenvalue weighted by Crippen LogP contribution is -2.19. The molecular formula is C8H4F3NO3. The molecule has 15 heavy (non-hydrogen) atoms. The number of amides is 1. The second-order valence-electron chi connectivity index (χ2n) is 2.58. The fraction of sp³-hybridized carbons (Fsp3) is 0. The van der Waals surface area contributed by atoms with Gasteiger partial charge in [0.15, 0.2) is 17.5 Å². The van der Waals surface area contributed by atoms with Crippen molar-refractivity contribution in [3.05, 3.63) is 34.6 Å². The number of carbonyl (C=O) groups excluding carboxylic acids is 1. The van der Waals surface area contributed by atoms with Gasteiger partial charge < -0.3 is 10.8 Å². The van der Waals surface area contributed by atoms with Crippen LogP contribution in [-0.4, -0.2) is 17.0 Å². The van der Waals surface area contributed by atoms with E-state index < -0.39 is 40.5 Å². The Balaban J connectivity index is 3.63. The predicted octanol–water partition coefficient (Wildman–Crippen LogP) is 0.901. The van der Waals surface area contributed by atoms with Gasteiger partial charge in [0.1, 0.15) is 5.56 Å². The smallest absolute Gasteiger partial charge is 0.338 e. The van der Waals surface area contributed by atoms with Crippen LogP contribution in [-0.2, 0) is 0 Å². The largest absolute Gasteiger partial charge is 0.478 e. The SMILES string of the molecule is NC(=O)c1c(F)c(F)cc(C(=O)O)c1F. The first-order valence-electron chi connectivity index (χ1n) is 3.56. The second kappa shape index (κ2) is 3.60. The van der Waals surface area contributed by atoms with Gasteiger partial charge in [-0.25, -0.2) is 18.0 Å². The van der Waals surface area contributed by atoms with Crippen LogP contribution in [0.2, 0.25) is 0 Å². The van der Waals surface area contributed by atoms with Crippen LogP contribution >= 0.6 is 0 Å². The van der Waals surface area contributed by atoms with E-state index in [0.717, 1.165) is 0 Å². The fourth-order valence-electron chi connectivity index (χ4n) is 0.976. The molecule has 3 N–H and O–H groups in total. The molecule has 1 rings (SSSR count). The highest BCUT2D eigenvalue weighted by Gasteiger charge is 2.25. The molecule has 0 unspecified atom stereocenters. The number of rotatable bonds is 2. The van der Waals surface area contributed by atoms with Gasteiger partial charge in [0.25, 0.3) is 5.91 Å². The third-order valence-electron chi connectivity index (χ3n) is 1.63. The number of hydrogen-bond acceptors (Lipinski definition) is 2. The van der Waals surface area contributed by atoms with Crippen molar-refractivity contribution in [2.24, 2.45) is 5.73 Å². The summed E-state index contributed by atoms with van der Waals surface area (Å²) in [5.74, 6) is -8.54. The summed E-state index contributed by atoms with van der Waals surface area (Å²) in [6, 6.07) is 0.138. The molecule has 0 fully saturated rings. The van der Waals surface area contributed by atoms with E-state index >= 15 is 0 Å². The number of halogens is 3. The van der Waals surface area contributed by atoms with Gasteiger partial charge in [-0.05, 0) is 6.07 Å². The van der Waals surface area contributed by atoms with E-state index in [1.807, 2.05) is 0 Å². The second-order valence-corrected chi connectivity index (χ2v) is 2.58. The Morgan fingerprint density at radius 3 is 2.13 bits per heavy atom. The minimum Gasteiger partial charge on any atom is -0.478 e. The maximum absolute atomic E-state index is 13.1. The molecule has 4 nitrogen and oxygen atoms in total. The Morgan fingerprint density at radius 1 is 1.20 bits per heavy atom. The first kappa shape index (κ1) is 11.0. The molecule has 0 saturated carbocycles. The van der Waals surface area contributed by atoms with Gasteiger partial charge in [-0.3, -0.25) is 4.79 Å². The number of benzene rings is 1. The van der Waals surface area contributed by atoms with E-state index in [1.165, 1.54) is 0 Å². The van der Waals surface area contributed by atoms with Crippen molar-refractivity contribution in [3.63, 3.8) is 0 Å². The molecule has 0 radical (unpaired) electrons. The van der Waals surface area contributed by atoms with Crippen molar-refractivity contribution in [3.8, 4) is 0 Å². The summed E-state index contributed by atoms with van der Waals surface area (Å²) in [6.45, 7) is 0. The fourth-order valence-corrected chi connectivity index (χ4v) is 0.976. The summed E-state index contributed by atoms with van der Waals surface area (Å²) in [4.78, 5) is 20.9. The van der Waals surface area contributed by atoms with Crippen molar-refractivity contribution in [2.45, 2.75) is 0 Å². The predicted molar refractivity (Wildman–Crippen MR) is 41.8 cm³/mol. The Bertz CT molecular complexity index is 459. The van der Waals surface area contributed by atoms with Gasteiger partial charge in [-0.2, -0.15) is 0 Å². The quantitative estimate of drug-likeness (QED) is 0.725. The van der Waals surface area contributed by atoms with Gasteiger partial charge in [-0.15, -0.1) is 0 Å². The maximum atomic E-state index is 13.1. The van der Waals surface area contributed by atoms with E-state index in [-0.39, 0.29) is 6.07 Å². The average Bonchev–Trinajstić information content (AvgIpc) is 2.10. The summed E-state index contributed by atoms with van der Waals surface area (Å²) >= 11 is 0. The van der Waals surface area contributed by atoms with E-state index in [9.17, 15) is 22.8 Å². The third-order valence-corrected chi connectivity index (χ3v) is 1.63. The molecule has 0 aromatic heterocycles. The zero-order chi connectivity index (χ0) is 11.7. The van der Waals surface area contributed by atoms with Crippen molar-refractivity contribution < 1.29 is 27.9 Å². The summed E-state index contributed by atoms with van der Waals surface area (Å²) in [5.41, 5.74) is 2.03. The van der Waals surface area contributed by atoms with E-state index in [0.29, 0.717) is 0 Å². The summed E-state index contributed by atoms with van der Waals surface area (Å²) in [6.07, 6.45) is 0. The lowest BCUT2D eigenvalue weighted by molar-refractivity contribution is 0.0691. The molecule has 0 bridgehead atoms. The van der Waals surface area contributed by atoms with Crippen molar-refractivity contribution >= 4 is 11.9 Å². The number of carbonyl (C=O) groups is 2. The molecule has 0 atom stereocenters. The molecule has 0 aliphatic carbocycles. The first-order valence-corrected chi connectivity index (χ1v) is 3.56. The van der Waals surface area contributed by atoms with Crippen molar-refractivity contribution in [1.29, 1.82) is 0 Å². The van der Waals surface area contributed by atoms with Crippen LogP contribution in [0, 0.1) is 17.5 Å². The molecule has 0 spiro atoms. The highest BCUT2D eigenvalue weighted by Crippen LogP contribution is 2.19.